The van der Waals surface area contributed by atoms with Gasteiger partial charge in [0.25, 0.3) is 0 Å². The van der Waals surface area contributed by atoms with Gasteiger partial charge in [-0.05, 0) is 52.8 Å². The van der Waals surface area contributed by atoms with Crippen molar-refractivity contribution in [1.82, 2.24) is 0 Å². The number of phenols is 1. The summed E-state index contributed by atoms with van der Waals surface area (Å²) in [5, 5.41) is 10.3. The molecule has 0 aliphatic rings. The molecule has 1 N–H and O–H groups in total. The van der Waals surface area contributed by atoms with Crippen LogP contribution in [-0.2, 0) is 21.4 Å². The fourth-order valence-corrected chi connectivity index (χ4v) is 2.77. The highest BCUT2D eigenvalue weighted by Crippen LogP contribution is 2.34. The van der Waals surface area contributed by atoms with Crippen molar-refractivity contribution in [3.05, 3.63) is 64.7 Å². The zero-order chi connectivity index (χ0) is 20.0. The Hall–Kier alpha value is -2.75. The maximum atomic E-state index is 11.9. The van der Waals surface area contributed by atoms with Crippen molar-refractivity contribution in [2.75, 3.05) is 13.7 Å². The van der Waals surface area contributed by atoms with Gasteiger partial charge >= 0.3 is 5.97 Å². The lowest BCUT2D eigenvalue weighted by molar-refractivity contribution is -0.137. The molecule has 0 unspecified atom stereocenters. The predicted octanol–water partition coefficient (Wildman–Crippen LogP) is 4.81. The van der Waals surface area contributed by atoms with Gasteiger partial charge in [-0.1, -0.05) is 45.0 Å². The average Bonchev–Trinajstić information content (AvgIpc) is 2.62. The van der Waals surface area contributed by atoms with E-state index in [2.05, 4.69) is 20.8 Å². The van der Waals surface area contributed by atoms with Crippen LogP contribution in [0.1, 0.15) is 43.0 Å². The largest absolute Gasteiger partial charge is 0.507 e. The molecule has 0 heterocycles. The summed E-state index contributed by atoms with van der Waals surface area (Å²) in [6, 6.07) is 11.3. The summed E-state index contributed by atoms with van der Waals surface area (Å²) in [7, 11) is 1.61. The van der Waals surface area contributed by atoms with Crippen molar-refractivity contribution in [3.8, 4) is 11.5 Å². The fraction of sp³-hybridized carbons (Fsp3) is 0.348. The van der Waals surface area contributed by atoms with E-state index in [0.717, 1.165) is 28.0 Å². The number of hydrogen-bond acceptors (Lipinski definition) is 4. The van der Waals surface area contributed by atoms with E-state index in [1.807, 2.05) is 43.3 Å². The van der Waals surface area contributed by atoms with Gasteiger partial charge in [-0.3, -0.25) is 0 Å². The van der Waals surface area contributed by atoms with Crippen molar-refractivity contribution in [3.63, 3.8) is 0 Å². The molecule has 4 heteroatoms. The van der Waals surface area contributed by atoms with Crippen molar-refractivity contribution < 1.29 is 19.4 Å². The maximum Gasteiger partial charge on any atom is 0.330 e. The Kier molecular flexibility index (Phi) is 6.67. The monoisotopic (exact) mass is 368 g/mol. The van der Waals surface area contributed by atoms with Crippen LogP contribution in [0.25, 0.3) is 6.08 Å². The first-order valence-electron chi connectivity index (χ1n) is 9.02. The summed E-state index contributed by atoms with van der Waals surface area (Å²) in [4.78, 5) is 11.9. The number of ether oxygens (including phenoxy) is 2. The summed E-state index contributed by atoms with van der Waals surface area (Å²) in [6.07, 6.45) is 3.74. The van der Waals surface area contributed by atoms with Gasteiger partial charge in [0.1, 0.15) is 11.5 Å². The molecule has 27 heavy (non-hydrogen) atoms. The Balaban J connectivity index is 1.92. The quantitative estimate of drug-likeness (QED) is 0.587. The van der Waals surface area contributed by atoms with Gasteiger partial charge in [-0.25, -0.2) is 4.79 Å². The number of carbonyl (C=O) groups is 1. The van der Waals surface area contributed by atoms with Crippen molar-refractivity contribution >= 4 is 12.0 Å². The number of methoxy groups -OCH3 is 1. The van der Waals surface area contributed by atoms with Gasteiger partial charge < -0.3 is 14.6 Å². The summed E-state index contributed by atoms with van der Waals surface area (Å²) < 4.78 is 10.4. The van der Waals surface area contributed by atoms with Crippen LogP contribution in [0, 0.1) is 6.92 Å². The molecule has 2 rings (SSSR count). The lowest BCUT2D eigenvalue weighted by Gasteiger charge is -2.22. The normalized spacial score (nSPS) is 11.6. The number of esters is 1. The van der Waals surface area contributed by atoms with E-state index in [1.165, 1.54) is 6.08 Å². The molecule has 0 saturated heterocycles. The lowest BCUT2D eigenvalue weighted by atomic mass is 9.84. The van der Waals surface area contributed by atoms with E-state index < -0.39 is 0 Å². The highest BCUT2D eigenvalue weighted by molar-refractivity contribution is 5.87. The second-order valence-electron chi connectivity index (χ2n) is 7.58. The minimum Gasteiger partial charge on any atom is -0.507 e. The summed E-state index contributed by atoms with van der Waals surface area (Å²) in [5.41, 5.74) is 3.54. The minimum absolute atomic E-state index is 0.150. The Labute approximate surface area is 161 Å². The molecule has 4 nitrogen and oxygen atoms in total. The zero-order valence-electron chi connectivity index (χ0n) is 16.7. The Morgan fingerprint density at radius 3 is 2.41 bits per heavy atom. The van der Waals surface area contributed by atoms with Crippen LogP contribution in [0.15, 0.2) is 42.5 Å². The van der Waals surface area contributed by atoms with Gasteiger partial charge in [-0.2, -0.15) is 0 Å². The van der Waals surface area contributed by atoms with Crippen LogP contribution in [0.4, 0.5) is 0 Å². The van der Waals surface area contributed by atoms with E-state index in [0.29, 0.717) is 18.8 Å². The smallest absolute Gasteiger partial charge is 0.330 e. The molecule has 0 aromatic heterocycles. The fourth-order valence-electron chi connectivity index (χ4n) is 2.77. The lowest BCUT2D eigenvalue weighted by Crippen LogP contribution is -2.13. The third-order valence-electron chi connectivity index (χ3n) is 4.33. The zero-order valence-corrected chi connectivity index (χ0v) is 16.7. The second-order valence-corrected chi connectivity index (χ2v) is 7.58. The number of hydrogen-bond donors (Lipinski definition) is 1. The Bertz CT molecular complexity index is 812. The van der Waals surface area contributed by atoms with Crippen molar-refractivity contribution in [2.24, 2.45) is 0 Å². The molecule has 0 aliphatic carbocycles. The van der Waals surface area contributed by atoms with Gasteiger partial charge in [0.2, 0.25) is 0 Å². The van der Waals surface area contributed by atoms with E-state index >= 15 is 0 Å². The second kappa shape index (κ2) is 8.76. The summed E-state index contributed by atoms with van der Waals surface area (Å²) >= 11 is 0. The number of carbonyl (C=O) groups excluding carboxylic acids is 1. The Morgan fingerprint density at radius 2 is 1.81 bits per heavy atom. The van der Waals surface area contributed by atoms with Gasteiger partial charge in [0.15, 0.2) is 0 Å². The molecule has 0 saturated carbocycles. The molecule has 2 aromatic carbocycles. The van der Waals surface area contributed by atoms with Crippen LogP contribution in [0.3, 0.4) is 0 Å². The molecule has 144 valence electrons. The number of rotatable bonds is 6. The molecule has 0 spiro atoms. The highest BCUT2D eigenvalue weighted by atomic mass is 16.5. The first-order valence-corrected chi connectivity index (χ1v) is 9.02. The third kappa shape index (κ3) is 5.88. The van der Waals surface area contributed by atoms with Crippen molar-refractivity contribution in [2.45, 2.75) is 39.5 Å². The minimum atomic E-state index is -0.377. The molecule has 0 aliphatic heterocycles. The summed E-state index contributed by atoms with van der Waals surface area (Å²) in [6.45, 7) is 8.37. The molecular weight excluding hydrogens is 340 g/mol. The third-order valence-corrected chi connectivity index (χ3v) is 4.33. The molecular formula is C23H28O4. The maximum absolute atomic E-state index is 11.9. The van der Waals surface area contributed by atoms with E-state index in [1.54, 1.807) is 13.2 Å². The molecule has 2 aromatic rings. The SMILES string of the molecule is COc1ccc(/C=C/C(=O)OCCc2cc(C)c(O)c(C(C)(C)C)c2)cc1. The topological polar surface area (TPSA) is 55.8 Å². The number of aromatic hydroxyl groups is 1. The molecule has 0 atom stereocenters. The van der Waals surface area contributed by atoms with E-state index in [-0.39, 0.29) is 11.4 Å². The summed E-state index contributed by atoms with van der Waals surface area (Å²) in [5.74, 6) is 0.733. The average molecular weight is 368 g/mol. The standard InChI is InChI=1S/C23H28O4/c1-16-14-18(15-20(22(16)25)23(2,3)4)12-13-27-21(24)11-8-17-6-9-19(26-5)10-7-17/h6-11,14-15,25H,12-13H2,1-5H3/b11-8+. The van der Waals surface area contributed by atoms with Crippen LogP contribution >= 0.6 is 0 Å². The first-order chi connectivity index (χ1) is 12.7. The van der Waals surface area contributed by atoms with Crippen LogP contribution < -0.4 is 4.74 Å². The molecule has 0 bridgehead atoms. The molecule has 0 fully saturated rings. The van der Waals surface area contributed by atoms with Crippen LogP contribution in [0.5, 0.6) is 11.5 Å². The van der Waals surface area contributed by atoms with Crippen LogP contribution in [0.2, 0.25) is 0 Å². The Morgan fingerprint density at radius 1 is 1.15 bits per heavy atom. The molecule has 0 amide bonds. The van der Waals surface area contributed by atoms with Gasteiger partial charge in [0.05, 0.1) is 13.7 Å². The first kappa shape index (κ1) is 20.6. The van der Waals surface area contributed by atoms with Crippen molar-refractivity contribution in [1.29, 1.82) is 0 Å². The number of aryl methyl sites for hydroxylation is 1. The van der Waals surface area contributed by atoms with E-state index in [9.17, 15) is 9.90 Å². The van der Waals surface area contributed by atoms with Gasteiger partial charge in [-0.15, -0.1) is 0 Å². The number of phenolic OH excluding ortho intramolecular Hbond substituents is 1. The molecule has 0 radical (unpaired) electrons. The highest BCUT2D eigenvalue weighted by Gasteiger charge is 2.20. The predicted molar refractivity (Wildman–Crippen MR) is 108 cm³/mol. The van der Waals surface area contributed by atoms with E-state index in [4.69, 9.17) is 9.47 Å². The number of benzene rings is 2. The van der Waals surface area contributed by atoms with Crippen LogP contribution in [-0.4, -0.2) is 24.8 Å². The van der Waals surface area contributed by atoms with Gasteiger partial charge in [0, 0.05) is 12.5 Å².